The second-order valence-electron chi connectivity index (χ2n) is 5.33. The second-order valence-corrected chi connectivity index (χ2v) is 6.32. The van der Waals surface area contributed by atoms with Crippen LogP contribution >= 0.6 is 11.8 Å². The van der Waals surface area contributed by atoms with E-state index in [-0.39, 0.29) is 0 Å². The number of thioether (sulfide) groups is 1. The van der Waals surface area contributed by atoms with E-state index in [0.717, 1.165) is 53.3 Å². The number of aromatic nitrogens is 2. The second kappa shape index (κ2) is 6.04. The minimum atomic E-state index is 0.831. The van der Waals surface area contributed by atoms with Crippen LogP contribution < -0.4 is 0 Å². The smallest absolute Gasteiger partial charge is 0.172 e. The maximum absolute atomic E-state index is 4.88. The quantitative estimate of drug-likeness (QED) is 0.815. The maximum Gasteiger partial charge on any atom is 0.172 e. The minimum absolute atomic E-state index is 0.831. The molecule has 0 amide bonds. The Labute approximate surface area is 139 Å². The molecule has 2 aliphatic heterocycles. The number of rotatable bonds is 3. The molecule has 2 aliphatic rings. The van der Waals surface area contributed by atoms with Crippen molar-refractivity contribution >= 4 is 28.6 Å². The number of amidine groups is 2. The summed E-state index contributed by atoms with van der Waals surface area (Å²) in [7, 11) is 0. The molecule has 0 aliphatic carbocycles. The lowest BCUT2D eigenvalue weighted by Gasteiger charge is -2.32. The van der Waals surface area contributed by atoms with Gasteiger partial charge in [-0.05, 0) is 18.6 Å². The average molecular weight is 323 g/mol. The monoisotopic (exact) mass is 323 g/mol. The highest BCUT2D eigenvalue weighted by Gasteiger charge is 2.31. The van der Waals surface area contributed by atoms with E-state index in [1.165, 1.54) is 0 Å². The van der Waals surface area contributed by atoms with E-state index >= 15 is 0 Å². The lowest BCUT2D eigenvalue weighted by Crippen LogP contribution is -2.41. The zero-order valence-electron chi connectivity index (χ0n) is 12.7. The Bertz CT molecular complexity index is 791. The third-order valence-corrected chi connectivity index (χ3v) is 4.78. The predicted octanol–water partition coefficient (Wildman–Crippen LogP) is 3.24. The fourth-order valence-corrected chi connectivity index (χ4v) is 3.53. The Kier molecular flexibility index (Phi) is 3.75. The molecule has 1 aromatic heterocycles. The normalized spacial score (nSPS) is 16.3. The van der Waals surface area contributed by atoms with E-state index in [9.17, 15) is 0 Å². The van der Waals surface area contributed by atoms with Gasteiger partial charge in [0.15, 0.2) is 11.0 Å². The predicted molar refractivity (Wildman–Crippen MR) is 96.0 cm³/mol. The van der Waals surface area contributed by atoms with Gasteiger partial charge in [-0.1, -0.05) is 36.0 Å². The Morgan fingerprint density at radius 1 is 1.26 bits per heavy atom. The van der Waals surface area contributed by atoms with Crippen LogP contribution in [0.5, 0.6) is 0 Å². The maximum atomic E-state index is 4.88. The first-order chi connectivity index (χ1) is 11.4. The van der Waals surface area contributed by atoms with Crippen LogP contribution in [0.4, 0.5) is 5.82 Å². The summed E-state index contributed by atoms with van der Waals surface area (Å²) in [6.07, 6.45) is 4.83. The van der Waals surface area contributed by atoms with Crippen molar-refractivity contribution in [1.29, 1.82) is 0 Å². The van der Waals surface area contributed by atoms with Gasteiger partial charge < -0.3 is 4.90 Å². The summed E-state index contributed by atoms with van der Waals surface area (Å²) >= 11 is 1.69. The van der Waals surface area contributed by atoms with Crippen molar-refractivity contribution in [2.75, 3.05) is 18.8 Å². The fraction of sp³-hybridized carbons (Fsp3) is 0.235. The van der Waals surface area contributed by atoms with Crippen molar-refractivity contribution in [3.8, 4) is 5.69 Å². The van der Waals surface area contributed by atoms with Crippen LogP contribution in [-0.2, 0) is 0 Å². The van der Waals surface area contributed by atoms with Gasteiger partial charge in [0.1, 0.15) is 5.84 Å². The van der Waals surface area contributed by atoms with Gasteiger partial charge in [-0.2, -0.15) is 5.10 Å². The van der Waals surface area contributed by atoms with Crippen LogP contribution in [0.2, 0.25) is 0 Å². The Morgan fingerprint density at radius 3 is 2.96 bits per heavy atom. The molecule has 0 atom stereocenters. The van der Waals surface area contributed by atoms with Gasteiger partial charge in [0.25, 0.3) is 0 Å². The van der Waals surface area contributed by atoms with Gasteiger partial charge in [-0.3, -0.25) is 4.99 Å². The molecule has 0 unspecified atom stereocenters. The number of para-hydroxylation sites is 1. The molecule has 0 N–H and O–H groups in total. The molecular formula is C17H17N5S. The van der Waals surface area contributed by atoms with E-state index in [2.05, 4.69) is 16.6 Å². The number of aliphatic imine (C=N–C) groups is 2. The van der Waals surface area contributed by atoms with Crippen LogP contribution in [0.25, 0.3) is 5.69 Å². The van der Waals surface area contributed by atoms with Crippen LogP contribution in [-0.4, -0.2) is 44.5 Å². The van der Waals surface area contributed by atoms with Crippen molar-refractivity contribution in [3.05, 3.63) is 54.7 Å². The Morgan fingerprint density at radius 2 is 2.13 bits per heavy atom. The summed E-state index contributed by atoms with van der Waals surface area (Å²) in [4.78, 5) is 11.8. The molecule has 116 valence electrons. The number of benzene rings is 1. The Hall–Kier alpha value is -2.34. The molecule has 0 radical (unpaired) electrons. The van der Waals surface area contributed by atoms with Crippen LogP contribution in [0.15, 0.2) is 59.2 Å². The van der Waals surface area contributed by atoms with Gasteiger partial charge in [-0.25, -0.2) is 9.67 Å². The standard InChI is InChI=1S/C17H17N5S/c1-2-11-23-17-20-16-14(15-18-9-6-10-21(15)17)12-19-22(16)13-7-4-3-5-8-13/h2-5,7-8,12H,1,6,9-11H2. The van der Waals surface area contributed by atoms with Crippen molar-refractivity contribution in [1.82, 2.24) is 14.7 Å². The lowest BCUT2D eigenvalue weighted by molar-refractivity contribution is 0.554. The first kappa shape index (κ1) is 14.3. The summed E-state index contributed by atoms with van der Waals surface area (Å²) in [5.74, 6) is 2.69. The first-order valence-electron chi connectivity index (χ1n) is 7.66. The largest absolute Gasteiger partial charge is 0.305 e. The van der Waals surface area contributed by atoms with E-state index in [1.807, 2.05) is 47.3 Å². The summed E-state index contributed by atoms with van der Waals surface area (Å²) < 4.78 is 1.89. The number of fused-ring (bicyclic) bond motifs is 3. The molecule has 0 spiro atoms. The van der Waals surface area contributed by atoms with Gasteiger partial charge in [0.05, 0.1) is 17.4 Å². The molecule has 4 rings (SSSR count). The molecule has 2 aromatic rings. The molecule has 3 heterocycles. The van der Waals surface area contributed by atoms with Crippen molar-refractivity contribution < 1.29 is 0 Å². The lowest BCUT2D eigenvalue weighted by atomic mass is 10.2. The third kappa shape index (κ3) is 2.49. The fourth-order valence-electron chi connectivity index (χ4n) is 2.78. The van der Waals surface area contributed by atoms with E-state index < -0.39 is 0 Å². The van der Waals surface area contributed by atoms with Crippen molar-refractivity contribution in [2.45, 2.75) is 6.42 Å². The van der Waals surface area contributed by atoms with Gasteiger partial charge >= 0.3 is 0 Å². The average Bonchev–Trinajstić information content (AvgIpc) is 3.04. The zero-order valence-corrected chi connectivity index (χ0v) is 13.5. The third-order valence-electron chi connectivity index (χ3n) is 3.81. The Balaban J connectivity index is 1.84. The molecule has 0 bridgehead atoms. The van der Waals surface area contributed by atoms with Crippen LogP contribution in [0.1, 0.15) is 12.0 Å². The highest BCUT2D eigenvalue weighted by Crippen LogP contribution is 2.33. The van der Waals surface area contributed by atoms with Crippen molar-refractivity contribution in [3.63, 3.8) is 0 Å². The van der Waals surface area contributed by atoms with Crippen LogP contribution in [0, 0.1) is 0 Å². The summed E-state index contributed by atoms with van der Waals surface area (Å²) in [6, 6.07) is 10.1. The molecule has 0 fully saturated rings. The first-order valence-corrected chi connectivity index (χ1v) is 8.65. The molecule has 23 heavy (non-hydrogen) atoms. The summed E-state index contributed by atoms with van der Waals surface area (Å²) in [5.41, 5.74) is 2.02. The molecule has 5 nitrogen and oxygen atoms in total. The molecule has 0 saturated heterocycles. The zero-order chi connectivity index (χ0) is 15.6. The molecular weight excluding hydrogens is 306 g/mol. The van der Waals surface area contributed by atoms with E-state index in [0.29, 0.717) is 0 Å². The molecule has 1 aromatic carbocycles. The summed E-state index contributed by atoms with van der Waals surface area (Å²) in [5, 5.41) is 5.53. The van der Waals surface area contributed by atoms with E-state index in [1.54, 1.807) is 11.8 Å². The van der Waals surface area contributed by atoms with Gasteiger partial charge in [-0.15, -0.1) is 6.58 Å². The summed E-state index contributed by atoms with van der Waals surface area (Å²) in [6.45, 7) is 5.62. The van der Waals surface area contributed by atoms with E-state index in [4.69, 9.17) is 9.98 Å². The number of nitrogens with zero attached hydrogens (tertiary/aromatic N) is 5. The SMILES string of the molecule is C=CCSC1=Nc2c(cnn2-c2ccccc2)C2=NCCCN12. The number of hydrogen-bond acceptors (Lipinski definition) is 5. The molecule has 6 heteroatoms. The number of hydrogen-bond donors (Lipinski definition) is 0. The topological polar surface area (TPSA) is 45.8 Å². The van der Waals surface area contributed by atoms with Gasteiger partial charge in [0.2, 0.25) is 0 Å². The van der Waals surface area contributed by atoms with Crippen LogP contribution in [0.3, 0.4) is 0 Å². The van der Waals surface area contributed by atoms with Gasteiger partial charge in [0, 0.05) is 18.8 Å². The van der Waals surface area contributed by atoms with Crippen molar-refractivity contribution in [2.24, 2.45) is 9.98 Å². The highest BCUT2D eigenvalue weighted by atomic mass is 32.2. The minimum Gasteiger partial charge on any atom is -0.305 e. The molecule has 0 saturated carbocycles. The highest BCUT2D eigenvalue weighted by molar-refractivity contribution is 8.14.